The zero-order chi connectivity index (χ0) is 11.8. The molecule has 0 saturated heterocycles. The number of fused-ring (bicyclic) bond motifs is 1. The number of aromatic amines is 1. The molecule has 1 aliphatic carbocycles. The van der Waals surface area contributed by atoms with Crippen LogP contribution in [-0.2, 0) is 0 Å². The maximum absolute atomic E-state index is 5.96. The maximum Gasteiger partial charge on any atom is 0.182 e. The SMILES string of the molecule is S=C1CC=CC=C1c1nc2ncnc(Cl)c2[nH]1. The molecule has 0 amide bonds. The third-order valence-corrected chi connectivity index (χ3v) is 3.17. The van der Waals surface area contributed by atoms with Crippen LogP contribution in [-0.4, -0.2) is 24.8 Å². The van der Waals surface area contributed by atoms with Crippen molar-refractivity contribution >= 4 is 45.4 Å². The van der Waals surface area contributed by atoms with E-state index in [0.717, 1.165) is 16.9 Å². The van der Waals surface area contributed by atoms with Gasteiger partial charge in [0.25, 0.3) is 0 Å². The fourth-order valence-corrected chi connectivity index (χ4v) is 2.12. The molecule has 0 radical (unpaired) electrons. The van der Waals surface area contributed by atoms with E-state index in [1.165, 1.54) is 6.33 Å². The summed E-state index contributed by atoms with van der Waals surface area (Å²) in [6, 6.07) is 0. The van der Waals surface area contributed by atoms with Crippen LogP contribution in [0.25, 0.3) is 16.7 Å². The maximum atomic E-state index is 5.96. The number of thiocarbonyl (C=S) groups is 1. The monoisotopic (exact) mass is 262 g/mol. The molecule has 2 aromatic rings. The molecule has 1 aliphatic rings. The summed E-state index contributed by atoms with van der Waals surface area (Å²) in [7, 11) is 0. The smallest absolute Gasteiger partial charge is 0.182 e. The van der Waals surface area contributed by atoms with Gasteiger partial charge in [0.05, 0.1) is 0 Å². The first-order chi connectivity index (χ1) is 8.25. The highest BCUT2D eigenvalue weighted by molar-refractivity contribution is 7.81. The molecule has 0 atom stereocenters. The first kappa shape index (κ1) is 10.6. The number of H-pyrrole nitrogens is 1. The van der Waals surface area contributed by atoms with Crippen molar-refractivity contribution in [2.45, 2.75) is 6.42 Å². The molecule has 0 saturated carbocycles. The van der Waals surface area contributed by atoms with Gasteiger partial charge in [0.2, 0.25) is 0 Å². The van der Waals surface area contributed by atoms with E-state index in [1.54, 1.807) is 0 Å². The number of nitrogens with zero attached hydrogens (tertiary/aromatic N) is 3. The highest BCUT2D eigenvalue weighted by Crippen LogP contribution is 2.23. The number of allylic oxidation sites excluding steroid dienone is 4. The molecule has 6 heteroatoms. The van der Waals surface area contributed by atoms with Crippen molar-refractivity contribution in [1.82, 2.24) is 19.9 Å². The molecule has 0 unspecified atom stereocenters. The van der Waals surface area contributed by atoms with Crippen molar-refractivity contribution in [2.24, 2.45) is 0 Å². The molecule has 0 bridgehead atoms. The molecule has 2 heterocycles. The molecule has 0 fully saturated rings. The van der Waals surface area contributed by atoms with Crippen molar-refractivity contribution in [1.29, 1.82) is 0 Å². The van der Waals surface area contributed by atoms with Gasteiger partial charge in [0.15, 0.2) is 10.8 Å². The van der Waals surface area contributed by atoms with Gasteiger partial charge in [-0.1, -0.05) is 42.0 Å². The summed E-state index contributed by atoms with van der Waals surface area (Å²) in [5, 5.41) is 0.367. The average molecular weight is 263 g/mol. The molecule has 84 valence electrons. The van der Waals surface area contributed by atoms with Crippen LogP contribution in [0, 0.1) is 0 Å². The minimum absolute atomic E-state index is 0.367. The van der Waals surface area contributed by atoms with E-state index >= 15 is 0 Å². The summed E-state index contributed by atoms with van der Waals surface area (Å²) in [6.45, 7) is 0. The fourth-order valence-electron chi connectivity index (χ4n) is 1.68. The first-order valence-corrected chi connectivity index (χ1v) is 5.81. The lowest BCUT2D eigenvalue weighted by molar-refractivity contribution is 1.20. The van der Waals surface area contributed by atoms with Gasteiger partial charge in [-0.05, 0) is 0 Å². The van der Waals surface area contributed by atoms with Gasteiger partial charge >= 0.3 is 0 Å². The van der Waals surface area contributed by atoms with Gasteiger partial charge in [-0.15, -0.1) is 0 Å². The van der Waals surface area contributed by atoms with Crippen LogP contribution >= 0.6 is 23.8 Å². The van der Waals surface area contributed by atoms with Crippen molar-refractivity contribution in [3.8, 4) is 0 Å². The van der Waals surface area contributed by atoms with Gasteiger partial charge in [0, 0.05) is 16.9 Å². The zero-order valence-electron chi connectivity index (χ0n) is 8.64. The number of hydrogen-bond acceptors (Lipinski definition) is 4. The number of hydrogen-bond donors (Lipinski definition) is 1. The summed E-state index contributed by atoms with van der Waals surface area (Å²) in [5.74, 6) is 0.691. The lowest BCUT2D eigenvalue weighted by Gasteiger charge is -2.06. The lowest BCUT2D eigenvalue weighted by Crippen LogP contribution is -2.02. The van der Waals surface area contributed by atoms with E-state index in [-0.39, 0.29) is 0 Å². The standard InChI is InChI=1S/C11H7ClN4S/c12-9-8-11(14-5-13-9)16-10(15-8)6-3-1-2-4-7(6)17/h1-3,5H,4H2,(H,13,14,15,16). The molecular formula is C11H7ClN4S. The number of nitrogens with one attached hydrogen (secondary N) is 1. The van der Waals surface area contributed by atoms with Crippen LogP contribution in [0.1, 0.15) is 12.2 Å². The second-order valence-electron chi connectivity index (χ2n) is 3.58. The highest BCUT2D eigenvalue weighted by Gasteiger charge is 2.15. The normalized spacial score (nSPS) is 15.4. The van der Waals surface area contributed by atoms with E-state index in [2.05, 4.69) is 19.9 Å². The third-order valence-electron chi connectivity index (χ3n) is 2.50. The quantitative estimate of drug-likeness (QED) is 0.634. The summed E-state index contributed by atoms with van der Waals surface area (Å²) in [4.78, 5) is 16.3. The van der Waals surface area contributed by atoms with Gasteiger partial charge < -0.3 is 4.98 Å². The van der Waals surface area contributed by atoms with E-state index in [4.69, 9.17) is 23.8 Å². The van der Waals surface area contributed by atoms with Crippen LogP contribution in [0.3, 0.4) is 0 Å². The van der Waals surface area contributed by atoms with E-state index < -0.39 is 0 Å². The summed E-state index contributed by atoms with van der Waals surface area (Å²) in [5.41, 5.74) is 2.11. The van der Waals surface area contributed by atoms with E-state index in [0.29, 0.717) is 22.1 Å². The topological polar surface area (TPSA) is 54.5 Å². The predicted octanol–water partition coefficient (Wildman–Crippen LogP) is 2.72. The molecule has 1 N–H and O–H groups in total. The van der Waals surface area contributed by atoms with Crippen LogP contribution in [0.5, 0.6) is 0 Å². The number of imidazole rings is 1. The van der Waals surface area contributed by atoms with Crippen molar-refractivity contribution in [3.63, 3.8) is 0 Å². The summed E-state index contributed by atoms with van der Waals surface area (Å²) >= 11 is 11.3. The Bertz CT molecular complexity index is 671. The number of halogens is 1. The van der Waals surface area contributed by atoms with Crippen LogP contribution in [0.15, 0.2) is 24.6 Å². The molecule has 4 nitrogen and oxygen atoms in total. The zero-order valence-corrected chi connectivity index (χ0v) is 10.2. The predicted molar refractivity (Wildman–Crippen MR) is 71.0 cm³/mol. The van der Waals surface area contributed by atoms with Crippen LogP contribution in [0.4, 0.5) is 0 Å². The van der Waals surface area contributed by atoms with Crippen LogP contribution < -0.4 is 0 Å². The lowest BCUT2D eigenvalue weighted by atomic mass is 10.0. The Balaban J connectivity index is 2.19. The van der Waals surface area contributed by atoms with Crippen LogP contribution in [0.2, 0.25) is 5.15 Å². The molecule has 2 aromatic heterocycles. The molecule has 0 aliphatic heterocycles. The molecular weight excluding hydrogens is 256 g/mol. The Hall–Kier alpha value is -1.59. The van der Waals surface area contributed by atoms with Gasteiger partial charge in [-0.25, -0.2) is 15.0 Å². The molecule has 3 rings (SSSR count). The van der Waals surface area contributed by atoms with Gasteiger partial charge in [-0.2, -0.15) is 0 Å². The largest absolute Gasteiger partial charge is 0.334 e. The Morgan fingerprint density at radius 3 is 3.00 bits per heavy atom. The number of aromatic nitrogens is 4. The first-order valence-electron chi connectivity index (χ1n) is 5.02. The second kappa shape index (κ2) is 4.01. The minimum Gasteiger partial charge on any atom is -0.334 e. The molecule has 0 aromatic carbocycles. The highest BCUT2D eigenvalue weighted by atomic mass is 35.5. The van der Waals surface area contributed by atoms with E-state index in [9.17, 15) is 0 Å². The fraction of sp³-hybridized carbons (Fsp3) is 0.0909. The Morgan fingerprint density at radius 2 is 2.24 bits per heavy atom. The Morgan fingerprint density at radius 1 is 1.35 bits per heavy atom. The molecule has 0 spiro atoms. The second-order valence-corrected chi connectivity index (χ2v) is 4.44. The summed E-state index contributed by atoms with van der Waals surface area (Å²) < 4.78 is 0. The van der Waals surface area contributed by atoms with Gasteiger partial charge in [-0.3, -0.25) is 0 Å². The summed E-state index contributed by atoms with van der Waals surface area (Å²) in [6.07, 6.45) is 8.07. The Labute approximate surface area is 107 Å². The number of rotatable bonds is 1. The average Bonchev–Trinajstić information content (AvgIpc) is 2.75. The third kappa shape index (κ3) is 1.77. The Kier molecular flexibility index (Phi) is 2.49. The van der Waals surface area contributed by atoms with Crippen molar-refractivity contribution < 1.29 is 0 Å². The minimum atomic E-state index is 0.367. The van der Waals surface area contributed by atoms with Crippen molar-refractivity contribution in [2.75, 3.05) is 0 Å². The molecule has 17 heavy (non-hydrogen) atoms. The van der Waals surface area contributed by atoms with Gasteiger partial charge in [0.1, 0.15) is 17.7 Å². The van der Waals surface area contributed by atoms with E-state index in [1.807, 2.05) is 18.2 Å². The van der Waals surface area contributed by atoms with Crippen molar-refractivity contribution in [3.05, 3.63) is 35.5 Å².